The SMILES string of the molecule is CC(C)CNCC1CCN(CC(F)F)CC1. The van der Waals surface area contributed by atoms with Crippen LogP contribution in [0.2, 0.25) is 0 Å². The van der Waals surface area contributed by atoms with Crippen LogP contribution in [0, 0.1) is 11.8 Å². The van der Waals surface area contributed by atoms with Gasteiger partial charge in [0, 0.05) is 0 Å². The molecule has 16 heavy (non-hydrogen) atoms. The van der Waals surface area contributed by atoms with Crippen molar-refractivity contribution in [1.29, 1.82) is 0 Å². The Kier molecular flexibility index (Phi) is 6.21. The molecule has 1 fully saturated rings. The zero-order chi connectivity index (χ0) is 12.0. The van der Waals surface area contributed by atoms with Gasteiger partial charge in [0.25, 0.3) is 6.43 Å². The van der Waals surface area contributed by atoms with E-state index in [1.54, 1.807) is 0 Å². The molecule has 0 bridgehead atoms. The van der Waals surface area contributed by atoms with Crippen molar-refractivity contribution in [2.45, 2.75) is 33.1 Å². The van der Waals surface area contributed by atoms with Crippen LogP contribution in [0.25, 0.3) is 0 Å². The average molecular weight is 234 g/mol. The molecule has 1 aliphatic rings. The Hall–Kier alpha value is -0.220. The molecule has 0 aromatic rings. The summed E-state index contributed by atoms with van der Waals surface area (Å²) in [5.74, 6) is 1.35. The van der Waals surface area contributed by atoms with E-state index in [2.05, 4.69) is 19.2 Å². The summed E-state index contributed by atoms with van der Waals surface area (Å²) in [6.07, 6.45) is -0.0778. The van der Waals surface area contributed by atoms with E-state index in [1.807, 2.05) is 4.90 Å². The molecule has 0 aromatic heterocycles. The molecule has 0 spiro atoms. The molecule has 1 aliphatic heterocycles. The van der Waals surface area contributed by atoms with Gasteiger partial charge in [-0.05, 0) is 50.9 Å². The topological polar surface area (TPSA) is 15.3 Å². The maximum Gasteiger partial charge on any atom is 0.251 e. The first-order chi connectivity index (χ1) is 7.58. The first-order valence-corrected chi connectivity index (χ1v) is 6.29. The molecule has 1 heterocycles. The van der Waals surface area contributed by atoms with Gasteiger partial charge >= 0.3 is 0 Å². The normalized spacial score (nSPS) is 19.9. The zero-order valence-corrected chi connectivity index (χ0v) is 10.4. The largest absolute Gasteiger partial charge is 0.316 e. The lowest BCUT2D eigenvalue weighted by Crippen LogP contribution is -2.39. The Morgan fingerprint density at radius 1 is 1.25 bits per heavy atom. The minimum absolute atomic E-state index is 0.0495. The van der Waals surface area contributed by atoms with Gasteiger partial charge in [-0.1, -0.05) is 13.8 Å². The summed E-state index contributed by atoms with van der Waals surface area (Å²) in [5.41, 5.74) is 0. The number of likely N-dealkylation sites (tertiary alicyclic amines) is 1. The van der Waals surface area contributed by atoms with Gasteiger partial charge in [0.1, 0.15) is 0 Å². The second kappa shape index (κ2) is 7.17. The lowest BCUT2D eigenvalue weighted by atomic mass is 9.96. The van der Waals surface area contributed by atoms with E-state index in [0.717, 1.165) is 39.0 Å². The molecule has 0 atom stereocenters. The predicted octanol–water partition coefficient (Wildman–Crippen LogP) is 2.21. The molecule has 0 radical (unpaired) electrons. The van der Waals surface area contributed by atoms with Gasteiger partial charge in [-0.15, -0.1) is 0 Å². The highest BCUT2D eigenvalue weighted by atomic mass is 19.3. The van der Waals surface area contributed by atoms with Crippen LogP contribution >= 0.6 is 0 Å². The van der Waals surface area contributed by atoms with E-state index in [1.165, 1.54) is 0 Å². The molecular weight excluding hydrogens is 210 g/mol. The standard InChI is InChI=1S/C12H24F2N2/c1-10(2)7-15-8-11-3-5-16(6-4-11)9-12(13)14/h10-12,15H,3-9H2,1-2H3. The van der Waals surface area contributed by atoms with Crippen LogP contribution in [0.1, 0.15) is 26.7 Å². The minimum Gasteiger partial charge on any atom is -0.316 e. The van der Waals surface area contributed by atoms with Crippen molar-refractivity contribution in [3.05, 3.63) is 0 Å². The second-order valence-electron chi connectivity index (χ2n) is 5.19. The van der Waals surface area contributed by atoms with Crippen molar-refractivity contribution in [1.82, 2.24) is 10.2 Å². The number of hydrogen-bond acceptors (Lipinski definition) is 2. The van der Waals surface area contributed by atoms with Gasteiger partial charge in [-0.3, -0.25) is 4.90 Å². The van der Waals surface area contributed by atoms with E-state index in [-0.39, 0.29) is 6.54 Å². The van der Waals surface area contributed by atoms with Crippen molar-refractivity contribution in [3.63, 3.8) is 0 Å². The smallest absolute Gasteiger partial charge is 0.251 e. The van der Waals surface area contributed by atoms with E-state index in [4.69, 9.17) is 0 Å². The Morgan fingerprint density at radius 2 is 1.88 bits per heavy atom. The van der Waals surface area contributed by atoms with E-state index < -0.39 is 6.43 Å². The van der Waals surface area contributed by atoms with Gasteiger partial charge in [0.15, 0.2) is 0 Å². The number of alkyl halides is 2. The van der Waals surface area contributed by atoms with Crippen LogP contribution in [-0.4, -0.2) is 44.0 Å². The third kappa shape index (κ3) is 5.75. The molecule has 0 amide bonds. The summed E-state index contributed by atoms with van der Waals surface area (Å²) in [4.78, 5) is 1.88. The fourth-order valence-electron chi connectivity index (χ4n) is 2.14. The van der Waals surface area contributed by atoms with Crippen molar-refractivity contribution >= 4 is 0 Å². The summed E-state index contributed by atoms with van der Waals surface area (Å²) in [6.45, 7) is 8.09. The Labute approximate surface area is 97.4 Å². The van der Waals surface area contributed by atoms with Crippen molar-refractivity contribution in [2.75, 3.05) is 32.7 Å². The third-order valence-electron chi connectivity index (χ3n) is 3.09. The van der Waals surface area contributed by atoms with Gasteiger partial charge in [-0.25, -0.2) is 8.78 Å². The molecule has 0 aromatic carbocycles. The number of nitrogens with one attached hydrogen (secondary N) is 1. The number of hydrogen-bond donors (Lipinski definition) is 1. The zero-order valence-electron chi connectivity index (χ0n) is 10.4. The molecule has 1 rings (SSSR count). The number of nitrogens with zero attached hydrogens (tertiary/aromatic N) is 1. The molecule has 0 unspecified atom stereocenters. The maximum atomic E-state index is 12.2. The van der Waals surface area contributed by atoms with Crippen LogP contribution in [-0.2, 0) is 0 Å². The molecular formula is C12H24F2N2. The lowest BCUT2D eigenvalue weighted by molar-refractivity contribution is 0.0689. The van der Waals surface area contributed by atoms with Crippen molar-refractivity contribution < 1.29 is 8.78 Å². The molecule has 0 aliphatic carbocycles. The second-order valence-corrected chi connectivity index (χ2v) is 5.19. The monoisotopic (exact) mass is 234 g/mol. The summed E-state index contributed by atoms with van der Waals surface area (Å²) in [5, 5.41) is 3.44. The van der Waals surface area contributed by atoms with Gasteiger partial charge in [-0.2, -0.15) is 0 Å². The molecule has 96 valence electrons. The summed E-state index contributed by atoms with van der Waals surface area (Å²) < 4.78 is 24.3. The van der Waals surface area contributed by atoms with E-state index in [0.29, 0.717) is 11.8 Å². The van der Waals surface area contributed by atoms with Gasteiger partial charge < -0.3 is 5.32 Å². The number of rotatable bonds is 6. The predicted molar refractivity (Wildman–Crippen MR) is 62.9 cm³/mol. The van der Waals surface area contributed by atoms with E-state index >= 15 is 0 Å². The minimum atomic E-state index is -2.18. The quantitative estimate of drug-likeness (QED) is 0.758. The Balaban J connectivity index is 2.07. The fourth-order valence-corrected chi connectivity index (χ4v) is 2.14. The number of piperidine rings is 1. The summed E-state index contributed by atoms with van der Waals surface area (Å²) in [7, 11) is 0. The van der Waals surface area contributed by atoms with Crippen LogP contribution in [0.3, 0.4) is 0 Å². The first-order valence-electron chi connectivity index (χ1n) is 6.29. The Bertz CT molecular complexity index is 178. The molecule has 1 N–H and O–H groups in total. The van der Waals surface area contributed by atoms with Crippen LogP contribution < -0.4 is 5.32 Å². The molecule has 4 heteroatoms. The highest BCUT2D eigenvalue weighted by Crippen LogP contribution is 2.17. The van der Waals surface area contributed by atoms with Crippen LogP contribution in [0.4, 0.5) is 8.78 Å². The average Bonchev–Trinajstić information content (AvgIpc) is 2.19. The molecule has 2 nitrogen and oxygen atoms in total. The summed E-state index contributed by atoms with van der Waals surface area (Å²) in [6, 6.07) is 0. The molecule has 1 saturated heterocycles. The highest BCUT2D eigenvalue weighted by Gasteiger charge is 2.20. The molecule has 0 saturated carbocycles. The highest BCUT2D eigenvalue weighted by molar-refractivity contribution is 4.74. The number of halogens is 2. The lowest BCUT2D eigenvalue weighted by Gasteiger charge is -2.31. The van der Waals surface area contributed by atoms with Gasteiger partial charge in [0.2, 0.25) is 0 Å². The third-order valence-corrected chi connectivity index (χ3v) is 3.09. The van der Waals surface area contributed by atoms with Gasteiger partial charge in [0.05, 0.1) is 6.54 Å². The Morgan fingerprint density at radius 3 is 2.38 bits per heavy atom. The van der Waals surface area contributed by atoms with Crippen molar-refractivity contribution in [3.8, 4) is 0 Å². The van der Waals surface area contributed by atoms with Crippen LogP contribution in [0.5, 0.6) is 0 Å². The van der Waals surface area contributed by atoms with Crippen LogP contribution in [0.15, 0.2) is 0 Å². The fraction of sp³-hybridized carbons (Fsp3) is 1.00. The summed E-state index contributed by atoms with van der Waals surface area (Å²) >= 11 is 0. The maximum absolute atomic E-state index is 12.2. The van der Waals surface area contributed by atoms with Crippen molar-refractivity contribution in [2.24, 2.45) is 11.8 Å². The first kappa shape index (κ1) is 13.8. The van der Waals surface area contributed by atoms with E-state index in [9.17, 15) is 8.78 Å².